The van der Waals surface area contributed by atoms with E-state index in [2.05, 4.69) is 20.7 Å². The molecule has 0 aromatic heterocycles. The van der Waals surface area contributed by atoms with Gasteiger partial charge in [0.1, 0.15) is 6.61 Å². The number of thioether (sulfide) groups is 1. The third kappa shape index (κ3) is 5.44. The average Bonchev–Trinajstić information content (AvgIpc) is 2.13. The minimum Gasteiger partial charge on any atom is -0.361 e. The Hall–Kier alpha value is -0.200. The Morgan fingerprint density at radius 3 is 2.53 bits per heavy atom. The predicted octanol–water partition coefficient (Wildman–Crippen LogP) is 4.08. The molecule has 0 aliphatic heterocycles. The number of ether oxygens (including phenoxy) is 1. The average molecular weight is 301 g/mol. The molecule has 0 bridgehead atoms. The van der Waals surface area contributed by atoms with Gasteiger partial charge >= 0.3 is 6.18 Å². The van der Waals surface area contributed by atoms with Crippen LogP contribution in [0.2, 0.25) is 0 Å². The summed E-state index contributed by atoms with van der Waals surface area (Å²) in [7, 11) is 0. The first kappa shape index (κ1) is 12.9. The topological polar surface area (TPSA) is 9.23 Å². The van der Waals surface area contributed by atoms with E-state index in [-0.39, 0.29) is 5.94 Å². The molecular formula is C9H8BrF3OS. The lowest BCUT2D eigenvalue weighted by atomic mass is 10.4. The van der Waals surface area contributed by atoms with Gasteiger partial charge in [-0.05, 0) is 28.1 Å². The molecule has 0 aliphatic carbocycles. The highest BCUT2D eigenvalue weighted by molar-refractivity contribution is 9.10. The van der Waals surface area contributed by atoms with Gasteiger partial charge in [0.25, 0.3) is 0 Å². The molecule has 0 fully saturated rings. The smallest absolute Gasteiger partial charge is 0.361 e. The first-order valence-electron chi connectivity index (χ1n) is 4.01. The first-order chi connectivity index (χ1) is 6.99. The van der Waals surface area contributed by atoms with E-state index in [0.29, 0.717) is 0 Å². The number of benzene rings is 1. The number of hydrogen-bond acceptors (Lipinski definition) is 2. The quantitative estimate of drug-likeness (QED) is 0.471. The van der Waals surface area contributed by atoms with E-state index in [1.165, 1.54) is 11.8 Å². The van der Waals surface area contributed by atoms with E-state index < -0.39 is 12.8 Å². The second-order valence-corrected chi connectivity index (χ2v) is 4.47. The SMILES string of the molecule is FC(F)(F)COCSc1ccccc1Br. The Labute approximate surface area is 98.1 Å². The standard InChI is InChI=1S/C9H8BrF3OS/c10-7-3-1-2-4-8(7)15-6-14-5-9(11,12)13/h1-4H,5-6H2. The summed E-state index contributed by atoms with van der Waals surface area (Å²) in [5.41, 5.74) is 0. The summed E-state index contributed by atoms with van der Waals surface area (Å²) in [6, 6.07) is 7.29. The van der Waals surface area contributed by atoms with E-state index in [4.69, 9.17) is 0 Å². The van der Waals surface area contributed by atoms with Crippen LogP contribution >= 0.6 is 27.7 Å². The Morgan fingerprint density at radius 1 is 1.27 bits per heavy atom. The molecule has 1 nitrogen and oxygen atoms in total. The Morgan fingerprint density at radius 2 is 1.93 bits per heavy atom. The van der Waals surface area contributed by atoms with Gasteiger partial charge in [0.05, 0.1) is 5.94 Å². The second-order valence-electron chi connectivity index (χ2n) is 2.66. The van der Waals surface area contributed by atoms with Crippen molar-refractivity contribution in [2.24, 2.45) is 0 Å². The summed E-state index contributed by atoms with van der Waals surface area (Å²) >= 11 is 4.51. The zero-order valence-electron chi connectivity index (χ0n) is 7.55. The summed E-state index contributed by atoms with van der Waals surface area (Å²) in [6.45, 7) is -1.20. The van der Waals surface area contributed by atoms with Crippen molar-refractivity contribution < 1.29 is 17.9 Å². The van der Waals surface area contributed by atoms with Crippen LogP contribution < -0.4 is 0 Å². The predicted molar refractivity (Wildman–Crippen MR) is 56.9 cm³/mol. The zero-order chi connectivity index (χ0) is 11.3. The van der Waals surface area contributed by atoms with Crippen molar-refractivity contribution in [3.63, 3.8) is 0 Å². The number of halogens is 4. The molecule has 0 spiro atoms. The molecule has 0 amide bonds. The molecule has 0 aliphatic rings. The van der Waals surface area contributed by atoms with Gasteiger partial charge in [-0.1, -0.05) is 23.9 Å². The number of rotatable bonds is 4. The maximum atomic E-state index is 11.7. The van der Waals surface area contributed by atoms with Crippen LogP contribution in [0.3, 0.4) is 0 Å². The minimum atomic E-state index is -4.26. The van der Waals surface area contributed by atoms with Gasteiger partial charge in [-0.3, -0.25) is 0 Å². The van der Waals surface area contributed by atoms with Crippen molar-refractivity contribution in [1.29, 1.82) is 0 Å². The molecule has 1 aromatic carbocycles. The van der Waals surface area contributed by atoms with Crippen molar-refractivity contribution in [2.75, 3.05) is 12.5 Å². The van der Waals surface area contributed by atoms with Gasteiger partial charge in [0.2, 0.25) is 0 Å². The molecule has 0 saturated heterocycles. The maximum absolute atomic E-state index is 11.7. The molecule has 0 atom stereocenters. The lowest BCUT2D eigenvalue weighted by Gasteiger charge is -2.07. The summed E-state index contributed by atoms with van der Waals surface area (Å²) in [5, 5.41) is 0. The van der Waals surface area contributed by atoms with E-state index in [9.17, 15) is 13.2 Å². The van der Waals surface area contributed by atoms with E-state index in [0.717, 1.165) is 9.37 Å². The van der Waals surface area contributed by atoms with Gasteiger partial charge in [-0.25, -0.2) is 0 Å². The lowest BCUT2D eigenvalue weighted by Crippen LogP contribution is -2.16. The minimum absolute atomic E-state index is 0.0118. The molecule has 1 aromatic rings. The third-order valence-corrected chi connectivity index (χ3v) is 3.31. The molecular weight excluding hydrogens is 293 g/mol. The van der Waals surface area contributed by atoms with Crippen molar-refractivity contribution in [3.8, 4) is 0 Å². The van der Waals surface area contributed by atoms with Gasteiger partial charge in [0.15, 0.2) is 0 Å². The van der Waals surface area contributed by atoms with E-state index >= 15 is 0 Å². The van der Waals surface area contributed by atoms with Crippen LogP contribution in [0.4, 0.5) is 13.2 Å². The Balaban J connectivity index is 2.30. The van der Waals surface area contributed by atoms with Crippen LogP contribution in [0.1, 0.15) is 0 Å². The van der Waals surface area contributed by atoms with Crippen molar-refractivity contribution in [3.05, 3.63) is 28.7 Å². The molecule has 1 rings (SSSR count). The normalized spacial score (nSPS) is 11.7. The Bertz CT molecular complexity index is 316. The molecule has 84 valence electrons. The molecule has 0 heterocycles. The first-order valence-corrected chi connectivity index (χ1v) is 5.79. The summed E-state index contributed by atoms with van der Waals surface area (Å²) < 4.78 is 40.5. The van der Waals surface area contributed by atoms with Crippen molar-refractivity contribution >= 4 is 27.7 Å². The van der Waals surface area contributed by atoms with E-state index in [1.807, 2.05) is 24.3 Å². The monoisotopic (exact) mass is 300 g/mol. The summed E-state index contributed by atoms with van der Waals surface area (Å²) in [5.74, 6) is -0.0118. The van der Waals surface area contributed by atoms with Crippen LogP contribution in [0.5, 0.6) is 0 Å². The highest BCUT2D eigenvalue weighted by Crippen LogP contribution is 2.27. The fourth-order valence-corrected chi connectivity index (χ4v) is 2.13. The number of hydrogen-bond donors (Lipinski definition) is 0. The largest absolute Gasteiger partial charge is 0.411 e. The van der Waals surface area contributed by atoms with Crippen molar-refractivity contribution in [1.82, 2.24) is 0 Å². The van der Waals surface area contributed by atoms with E-state index in [1.54, 1.807) is 0 Å². The lowest BCUT2D eigenvalue weighted by molar-refractivity contribution is -0.168. The van der Waals surface area contributed by atoms with Crippen LogP contribution in [0.25, 0.3) is 0 Å². The fraction of sp³-hybridized carbons (Fsp3) is 0.333. The highest BCUT2D eigenvalue weighted by Gasteiger charge is 2.27. The molecule has 0 saturated carbocycles. The molecule has 6 heteroatoms. The molecule has 0 unspecified atom stereocenters. The van der Waals surface area contributed by atoms with Crippen LogP contribution in [-0.4, -0.2) is 18.7 Å². The van der Waals surface area contributed by atoms with Crippen LogP contribution in [-0.2, 0) is 4.74 Å². The van der Waals surface area contributed by atoms with Crippen molar-refractivity contribution in [2.45, 2.75) is 11.1 Å². The maximum Gasteiger partial charge on any atom is 0.411 e. The van der Waals surface area contributed by atoms with Gasteiger partial charge in [-0.2, -0.15) is 13.2 Å². The second kappa shape index (κ2) is 5.77. The molecule has 0 N–H and O–H groups in total. The van der Waals surface area contributed by atoms with Crippen LogP contribution in [0, 0.1) is 0 Å². The van der Waals surface area contributed by atoms with Gasteiger partial charge in [-0.15, -0.1) is 0 Å². The fourth-order valence-electron chi connectivity index (χ4n) is 0.824. The summed E-state index contributed by atoms with van der Waals surface area (Å²) in [4.78, 5) is 0.861. The molecule has 0 radical (unpaired) electrons. The molecule has 15 heavy (non-hydrogen) atoms. The highest BCUT2D eigenvalue weighted by atomic mass is 79.9. The zero-order valence-corrected chi connectivity index (χ0v) is 9.95. The van der Waals surface area contributed by atoms with Crippen LogP contribution in [0.15, 0.2) is 33.6 Å². The number of alkyl halides is 3. The Kier molecular flexibility index (Phi) is 4.95. The third-order valence-electron chi connectivity index (χ3n) is 1.40. The van der Waals surface area contributed by atoms with Gasteiger partial charge in [0, 0.05) is 9.37 Å². The van der Waals surface area contributed by atoms with Gasteiger partial charge < -0.3 is 4.74 Å². The summed E-state index contributed by atoms with van der Waals surface area (Å²) in [6.07, 6.45) is -4.26.